The molecule has 2 aliphatic rings. The molecule has 2 aromatic rings. The first-order valence-corrected chi connectivity index (χ1v) is 15.7. The lowest BCUT2D eigenvalue weighted by atomic mass is 10.0. The second kappa shape index (κ2) is 13.5. The second-order valence-corrected chi connectivity index (χ2v) is 14.6. The number of nitrogens with one attached hydrogen (secondary N) is 2. The molecule has 4 rings (SSSR count). The van der Waals surface area contributed by atoms with Crippen LogP contribution in [0.3, 0.4) is 0 Å². The summed E-state index contributed by atoms with van der Waals surface area (Å²) < 4.78 is 13.6. The van der Waals surface area contributed by atoms with Gasteiger partial charge in [-0.2, -0.15) is 11.8 Å². The van der Waals surface area contributed by atoms with Gasteiger partial charge in [0.1, 0.15) is 6.04 Å². The number of amides is 3. The highest BCUT2D eigenvalue weighted by molar-refractivity contribution is 8.01. The minimum absolute atomic E-state index is 0.0455. The number of likely N-dealkylation sites (tertiary alicyclic amines) is 1. The molecule has 1 saturated carbocycles. The molecule has 2 heterocycles. The van der Waals surface area contributed by atoms with Gasteiger partial charge in [-0.25, -0.2) is 9.37 Å². The van der Waals surface area contributed by atoms with Crippen molar-refractivity contribution < 1.29 is 18.8 Å². The Morgan fingerprint density at radius 1 is 1.23 bits per heavy atom. The molecule has 40 heavy (non-hydrogen) atoms. The summed E-state index contributed by atoms with van der Waals surface area (Å²) >= 11 is 3.29. The van der Waals surface area contributed by atoms with Gasteiger partial charge in [0.25, 0.3) is 5.91 Å². The van der Waals surface area contributed by atoms with Gasteiger partial charge in [0.05, 0.1) is 22.1 Å². The fraction of sp³-hybridized carbons (Fsp3) is 0.600. The van der Waals surface area contributed by atoms with E-state index in [4.69, 9.17) is 0 Å². The summed E-state index contributed by atoms with van der Waals surface area (Å²) in [5.41, 5.74) is 3.43. The van der Waals surface area contributed by atoms with Gasteiger partial charge in [0.2, 0.25) is 12.3 Å². The minimum atomic E-state index is -1.76. The summed E-state index contributed by atoms with van der Waals surface area (Å²) in [7, 11) is 0. The fourth-order valence-corrected chi connectivity index (χ4v) is 7.26. The van der Waals surface area contributed by atoms with Crippen LogP contribution in [0.4, 0.5) is 4.39 Å². The molecule has 2 N–H and O–H groups in total. The van der Waals surface area contributed by atoms with E-state index in [1.54, 1.807) is 23.1 Å². The smallest absolute Gasteiger partial charge is 0.258 e. The van der Waals surface area contributed by atoms with Crippen molar-refractivity contribution in [3.8, 4) is 10.4 Å². The average Bonchev–Trinajstić information content (AvgIpc) is 3.27. The molecule has 1 aliphatic carbocycles. The second-order valence-electron chi connectivity index (χ2n) is 11.6. The number of carbonyl (C=O) groups is 3. The third kappa shape index (κ3) is 8.06. The molecule has 1 aliphatic heterocycles. The molecule has 1 aromatic carbocycles. The topological polar surface area (TPSA) is 91.4 Å². The van der Waals surface area contributed by atoms with Crippen LogP contribution in [0, 0.1) is 6.92 Å². The summed E-state index contributed by atoms with van der Waals surface area (Å²) in [6, 6.07) is 7.74. The van der Waals surface area contributed by atoms with Crippen molar-refractivity contribution >= 4 is 41.3 Å². The van der Waals surface area contributed by atoms with E-state index in [0.717, 1.165) is 37.1 Å². The van der Waals surface area contributed by atoms with Crippen LogP contribution in [0.15, 0.2) is 29.8 Å². The van der Waals surface area contributed by atoms with Crippen molar-refractivity contribution in [2.24, 2.45) is 0 Å². The maximum absolute atomic E-state index is 14.1. The van der Waals surface area contributed by atoms with Crippen molar-refractivity contribution in [3.63, 3.8) is 0 Å². The van der Waals surface area contributed by atoms with Crippen LogP contribution in [0.25, 0.3) is 10.4 Å². The Morgan fingerprint density at radius 2 is 1.88 bits per heavy atom. The molecule has 220 valence electrons. The minimum Gasteiger partial charge on any atom is -0.352 e. The number of nitrogens with zero attached hydrogens (tertiary/aromatic N) is 2. The molecule has 3 atom stereocenters. The zero-order chi connectivity index (χ0) is 29.7. The van der Waals surface area contributed by atoms with Crippen LogP contribution in [-0.4, -0.2) is 62.4 Å². The summed E-state index contributed by atoms with van der Waals surface area (Å²) in [6.45, 7) is 14.8. The number of aryl methyl sites for hydroxylation is 1. The molecule has 3 amide bonds. The average molecular weight is 591 g/mol. The highest BCUT2D eigenvalue weighted by Gasteiger charge is 2.53. The van der Waals surface area contributed by atoms with Crippen LogP contribution in [0.2, 0.25) is 0 Å². The Hall–Kier alpha value is -2.46. The first-order valence-electron chi connectivity index (χ1n) is 14.0. The van der Waals surface area contributed by atoms with Crippen LogP contribution < -0.4 is 10.6 Å². The molecule has 1 aromatic heterocycles. The predicted molar refractivity (Wildman–Crippen MR) is 162 cm³/mol. The van der Waals surface area contributed by atoms with Gasteiger partial charge in [0.15, 0.2) is 5.67 Å². The van der Waals surface area contributed by atoms with Crippen molar-refractivity contribution in [1.29, 1.82) is 0 Å². The van der Waals surface area contributed by atoms with Crippen LogP contribution in [0.1, 0.15) is 84.5 Å². The number of rotatable bonds is 10. The molecule has 10 heteroatoms. The highest BCUT2D eigenvalue weighted by Crippen LogP contribution is 2.41. The number of alkyl halides is 1. The van der Waals surface area contributed by atoms with Gasteiger partial charge in [-0.15, -0.1) is 11.3 Å². The van der Waals surface area contributed by atoms with Gasteiger partial charge < -0.3 is 15.5 Å². The van der Waals surface area contributed by atoms with E-state index in [1.807, 2.05) is 57.2 Å². The molecule has 0 spiro atoms. The molecular formula is C30H43FN4O3S2. The number of thiazole rings is 1. The predicted octanol–water partition coefficient (Wildman–Crippen LogP) is 5.83. The monoisotopic (exact) mass is 590 g/mol. The largest absolute Gasteiger partial charge is 0.352 e. The number of thioether (sulfide) groups is 1. The van der Waals surface area contributed by atoms with Gasteiger partial charge >= 0.3 is 0 Å². The Morgan fingerprint density at radius 3 is 2.35 bits per heavy atom. The van der Waals surface area contributed by atoms with E-state index in [0.29, 0.717) is 5.25 Å². The van der Waals surface area contributed by atoms with Gasteiger partial charge in [0, 0.05) is 17.3 Å². The van der Waals surface area contributed by atoms with E-state index in [-0.39, 0.29) is 30.8 Å². The van der Waals surface area contributed by atoms with Crippen molar-refractivity contribution in [2.45, 2.75) is 108 Å². The maximum atomic E-state index is 14.1. The molecule has 0 bridgehead atoms. The van der Waals surface area contributed by atoms with Crippen LogP contribution in [0.5, 0.6) is 0 Å². The lowest BCUT2D eigenvalue weighted by molar-refractivity contribution is -0.139. The first kappa shape index (κ1) is 32.1. The summed E-state index contributed by atoms with van der Waals surface area (Å²) in [6.07, 6.45) is 3.22. The Balaban J connectivity index is 0.000000230. The molecule has 1 saturated heterocycles. The Kier molecular flexibility index (Phi) is 10.8. The fourth-order valence-electron chi connectivity index (χ4n) is 4.93. The van der Waals surface area contributed by atoms with Crippen molar-refractivity contribution in [1.82, 2.24) is 20.5 Å². The van der Waals surface area contributed by atoms with Gasteiger partial charge in [-0.05, 0) is 76.7 Å². The summed E-state index contributed by atoms with van der Waals surface area (Å²) in [4.78, 5) is 42.9. The van der Waals surface area contributed by atoms with E-state index < -0.39 is 22.4 Å². The highest BCUT2D eigenvalue weighted by atomic mass is 32.2. The van der Waals surface area contributed by atoms with Crippen LogP contribution >= 0.6 is 23.1 Å². The number of halogens is 1. The van der Waals surface area contributed by atoms with E-state index in [1.165, 1.54) is 10.4 Å². The quantitative estimate of drug-likeness (QED) is 0.340. The molecule has 2 fully saturated rings. The number of carbonyl (C=O) groups excluding carboxylic acids is 3. The maximum Gasteiger partial charge on any atom is 0.258 e. The SMILES string of the molecule is CC(C)SC(C)(C)C(NC(=O)C1(F)CC1)C(=O)N1CCCC1C.Cc1ncsc1-c1ccc(C(C)NC=O)cc1. The van der Waals surface area contributed by atoms with E-state index >= 15 is 0 Å². The number of hydrogen-bond acceptors (Lipinski definition) is 6. The summed E-state index contributed by atoms with van der Waals surface area (Å²) in [5.74, 6) is -0.703. The summed E-state index contributed by atoms with van der Waals surface area (Å²) in [5, 5.41) is 5.79. The van der Waals surface area contributed by atoms with Crippen molar-refractivity contribution in [3.05, 3.63) is 41.0 Å². The molecule has 7 nitrogen and oxygen atoms in total. The third-order valence-electron chi connectivity index (χ3n) is 7.43. The van der Waals surface area contributed by atoms with Gasteiger partial charge in [-0.3, -0.25) is 14.4 Å². The number of benzene rings is 1. The zero-order valence-electron chi connectivity index (χ0n) is 24.6. The molecular weight excluding hydrogens is 547 g/mol. The zero-order valence-corrected chi connectivity index (χ0v) is 26.3. The van der Waals surface area contributed by atoms with Crippen molar-refractivity contribution in [2.75, 3.05) is 6.54 Å². The Labute approximate surface area is 246 Å². The van der Waals surface area contributed by atoms with E-state index in [2.05, 4.69) is 41.6 Å². The molecule has 3 unspecified atom stereocenters. The van der Waals surface area contributed by atoms with E-state index in [9.17, 15) is 18.8 Å². The number of hydrogen-bond donors (Lipinski definition) is 2. The number of aromatic nitrogens is 1. The van der Waals surface area contributed by atoms with Crippen LogP contribution in [-0.2, 0) is 14.4 Å². The van der Waals surface area contributed by atoms with Gasteiger partial charge in [-0.1, -0.05) is 38.1 Å². The standard InChI is InChI=1S/C17H29FN2O2S.C13H14N2OS/c1-11(2)23-16(4,5)13(19-15(22)17(18)8-9-17)14(21)20-10-6-7-12(20)3;1-9(14-7-16)11-3-5-12(6-4-11)13-10(2)15-8-17-13/h11-13H,6-10H2,1-5H3,(H,19,22);3-9H,1-2H3,(H,14,16). The lowest BCUT2D eigenvalue weighted by Crippen LogP contribution is -2.59. The lowest BCUT2D eigenvalue weighted by Gasteiger charge is -2.38. The first-order chi connectivity index (χ1) is 18.8. The molecule has 0 radical (unpaired) electrons. The normalized spacial score (nSPS) is 19.3. The Bertz CT molecular complexity index is 1160. The third-order valence-corrected chi connectivity index (χ3v) is 9.72.